The number of ether oxygens (including phenoxy) is 3. The number of hydrogen-bond acceptors (Lipinski definition) is 4. The van der Waals surface area contributed by atoms with Crippen molar-refractivity contribution < 1.29 is 19.0 Å². The van der Waals surface area contributed by atoms with Gasteiger partial charge in [-0.2, -0.15) is 0 Å². The van der Waals surface area contributed by atoms with E-state index in [4.69, 9.17) is 14.2 Å². The molecule has 0 radical (unpaired) electrons. The van der Waals surface area contributed by atoms with Crippen LogP contribution in [0.5, 0.6) is 17.2 Å². The van der Waals surface area contributed by atoms with E-state index in [1.54, 1.807) is 37.4 Å². The van der Waals surface area contributed by atoms with E-state index >= 15 is 0 Å². The van der Waals surface area contributed by atoms with Crippen LogP contribution in [-0.2, 0) is 6.61 Å². The van der Waals surface area contributed by atoms with Crippen molar-refractivity contribution in [3.05, 3.63) is 87.0 Å². The molecule has 3 rings (SSSR count). The van der Waals surface area contributed by atoms with Crippen molar-refractivity contribution in [1.82, 2.24) is 0 Å². The summed E-state index contributed by atoms with van der Waals surface area (Å²) in [6, 6.07) is 20.6. The van der Waals surface area contributed by atoms with Crippen LogP contribution < -0.4 is 14.2 Å². The molecule has 3 aromatic rings. The molecule has 0 bridgehead atoms. The maximum atomic E-state index is 12.5. The molecule has 0 aliphatic rings. The number of esters is 1. The van der Waals surface area contributed by atoms with Crippen LogP contribution in [-0.4, -0.2) is 13.1 Å². The van der Waals surface area contributed by atoms with E-state index in [1.807, 2.05) is 43.3 Å². The summed E-state index contributed by atoms with van der Waals surface area (Å²) in [4.78, 5) is 12.5. The van der Waals surface area contributed by atoms with Gasteiger partial charge in [0.25, 0.3) is 0 Å². The molecule has 0 aliphatic heterocycles. The second-order valence-electron chi connectivity index (χ2n) is 5.96. The second-order valence-corrected chi connectivity index (χ2v) is 7.04. The van der Waals surface area contributed by atoms with Crippen LogP contribution in [0.25, 0.3) is 0 Å². The van der Waals surface area contributed by atoms with Gasteiger partial charge in [0.15, 0.2) is 0 Å². The van der Waals surface area contributed by atoms with E-state index in [9.17, 15) is 4.79 Å². The molecule has 0 fully saturated rings. The summed E-state index contributed by atoms with van der Waals surface area (Å²) in [6.45, 7) is 2.40. The van der Waals surface area contributed by atoms with E-state index in [2.05, 4.69) is 22.6 Å². The summed E-state index contributed by atoms with van der Waals surface area (Å²) < 4.78 is 17.3. The maximum Gasteiger partial charge on any atom is 0.344 e. The second kappa shape index (κ2) is 8.90. The molecule has 0 saturated heterocycles. The Hall–Kier alpha value is -2.54. The normalized spacial score (nSPS) is 10.3. The molecule has 0 N–H and O–H groups in total. The molecule has 0 amide bonds. The van der Waals surface area contributed by atoms with Crippen molar-refractivity contribution in [2.45, 2.75) is 13.5 Å². The smallest absolute Gasteiger partial charge is 0.344 e. The van der Waals surface area contributed by atoms with Crippen molar-refractivity contribution >= 4 is 28.6 Å². The van der Waals surface area contributed by atoms with E-state index in [1.165, 1.54) is 0 Å². The lowest BCUT2D eigenvalue weighted by Gasteiger charge is -2.11. The van der Waals surface area contributed by atoms with E-state index in [0.717, 1.165) is 14.7 Å². The fourth-order valence-electron chi connectivity index (χ4n) is 2.54. The third kappa shape index (κ3) is 5.01. The third-order valence-electron chi connectivity index (χ3n) is 3.91. The number of halogens is 1. The van der Waals surface area contributed by atoms with Crippen LogP contribution in [0, 0.1) is 10.5 Å². The summed E-state index contributed by atoms with van der Waals surface area (Å²) in [6.07, 6.45) is 0. The van der Waals surface area contributed by atoms with E-state index in [-0.39, 0.29) is 0 Å². The molecule has 27 heavy (non-hydrogen) atoms. The van der Waals surface area contributed by atoms with Gasteiger partial charge in [0.05, 0.1) is 16.2 Å². The number of carbonyl (C=O) groups excluding carboxylic acids is 1. The zero-order valence-electron chi connectivity index (χ0n) is 15.1. The number of carbonyl (C=O) groups is 1. The minimum absolute atomic E-state index is 0.417. The molecule has 0 spiro atoms. The van der Waals surface area contributed by atoms with Gasteiger partial charge in [0.1, 0.15) is 23.9 Å². The highest BCUT2D eigenvalue weighted by molar-refractivity contribution is 14.1. The summed E-state index contributed by atoms with van der Waals surface area (Å²) in [5.41, 5.74) is 2.51. The molecule has 0 aliphatic carbocycles. The lowest BCUT2D eigenvalue weighted by atomic mass is 10.1. The molecule has 3 aromatic carbocycles. The first kappa shape index (κ1) is 19.2. The summed E-state index contributed by atoms with van der Waals surface area (Å²) in [7, 11) is 1.58. The van der Waals surface area contributed by atoms with Gasteiger partial charge in [-0.1, -0.05) is 30.3 Å². The number of aryl methyl sites for hydroxylation is 1. The highest BCUT2D eigenvalue weighted by Gasteiger charge is 2.17. The summed E-state index contributed by atoms with van der Waals surface area (Å²) >= 11 is 2.09. The van der Waals surface area contributed by atoms with Gasteiger partial charge in [-0.3, -0.25) is 0 Å². The lowest BCUT2D eigenvalue weighted by molar-refractivity contribution is 0.0733. The molecule has 0 unspecified atom stereocenters. The molecule has 0 atom stereocenters. The van der Waals surface area contributed by atoms with Gasteiger partial charge in [-0.15, -0.1) is 0 Å². The zero-order chi connectivity index (χ0) is 19.2. The van der Waals surface area contributed by atoms with Gasteiger partial charge in [0.2, 0.25) is 0 Å². The Labute approximate surface area is 172 Å². The van der Waals surface area contributed by atoms with Crippen molar-refractivity contribution in [2.24, 2.45) is 0 Å². The van der Waals surface area contributed by atoms with E-state index < -0.39 is 5.97 Å². The average molecular weight is 474 g/mol. The molecule has 0 saturated carbocycles. The van der Waals surface area contributed by atoms with Crippen molar-refractivity contribution in [3.8, 4) is 17.2 Å². The molecule has 0 heterocycles. The van der Waals surface area contributed by atoms with Crippen LogP contribution in [0.4, 0.5) is 0 Å². The largest absolute Gasteiger partial charge is 0.496 e. The van der Waals surface area contributed by atoms with E-state index in [0.29, 0.717) is 29.4 Å². The standard InChI is InChI=1S/C22H19IO4/c1-15-12-19(21(23)20(13-15)25-2)22(24)27-18-10-8-17(9-11-18)26-14-16-6-4-3-5-7-16/h3-13H,14H2,1-2H3. The predicted molar refractivity (Wildman–Crippen MR) is 113 cm³/mol. The van der Waals surface area contributed by atoms with Crippen LogP contribution in [0.15, 0.2) is 66.7 Å². The zero-order valence-corrected chi connectivity index (χ0v) is 17.2. The van der Waals surface area contributed by atoms with Gasteiger partial charge < -0.3 is 14.2 Å². The average Bonchev–Trinajstić information content (AvgIpc) is 2.69. The first-order valence-corrected chi connectivity index (χ1v) is 9.48. The molecule has 5 heteroatoms. The van der Waals surface area contributed by atoms with Crippen LogP contribution in [0.2, 0.25) is 0 Å². The van der Waals surface area contributed by atoms with Crippen molar-refractivity contribution in [3.63, 3.8) is 0 Å². The van der Waals surface area contributed by atoms with Gasteiger partial charge in [-0.25, -0.2) is 4.79 Å². The highest BCUT2D eigenvalue weighted by atomic mass is 127. The molecule has 4 nitrogen and oxygen atoms in total. The Balaban J connectivity index is 1.66. The molecular weight excluding hydrogens is 455 g/mol. The Morgan fingerprint density at radius 1 is 0.963 bits per heavy atom. The quantitative estimate of drug-likeness (QED) is 0.273. The Morgan fingerprint density at radius 2 is 1.63 bits per heavy atom. The van der Waals surface area contributed by atoms with Gasteiger partial charge in [0, 0.05) is 0 Å². The topological polar surface area (TPSA) is 44.8 Å². The Bertz CT molecular complexity index is 921. The van der Waals surface area contributed by atoms with Crippen LogP contribution >= 0.6 is 22.6 Å². The molecular formula is C22H19IO4. The molecule has 138 valence electrons. The Morgan fingerprint density at radius 3 is 2.30 bits per heavy atom. The fraction of sp³-hybridized carbons (Fsp3) is 0.136. The number of benzene rings is 3. The predicted octanol–water partition coefficient (Wildman–Crippen LogP) is 5.41. The SMILES string of the molecule is COc1cc(C)cc(C(=O)Oc2ccc(OCc3ccccc3)cc2)c1I. The third-order valence-corrected chi connectivity index (χ3v) is 5.02. The maximum absolute atomic E-state index is 12.5. The molecule has 0 aromatic heterocycles. The van der Waals surface area contributed by atoms with Gasteiger partial charge in [-0.05, 0) is 77.0 Å². The summed E-state index contributed by atoms with van der Waals surface area (Å²) in [5, 5.41) is 0. The van der Waals surface area contributed by atoms with Crippen LogP contribution in [0.1, 0.15) is 21.5 Å². The highest BCUT2D eigenvalue weighted by Crippen LogP contribution is 2.28. The number of methoxy groups -OCH3 is 1. The monoisotopic (exact) mass is 474 g/mol. The van der Waals surface area contributed by atoms with Crippen molar-refractivity contribution in [2.75, 3.05) is 7.11 Å². The van der Waals surface area contributed by atoms with Crippen molar-refractivity contribution in [1.29, 1.82) is 0 Å². The summed E-state index contributed by atoms with van der Waals surface area (Å²) in [5.74, 6) is 1.42. The fourth-order valence-corrected chi connectivity index (χ4v) is 3.29. The minimum atomic E-state index is -0.417. The first-order chi connectivity index (χ1) is 13.1. The number of rotatable bonds is 6. The number of hydrogen-bond donors (Lipinski definition) is 0. The Kier molecular flexibility index (Phi) is 6.34. The van der Waals surface area contributed by atoms with Gasteiger partial charge >= 0.3 is 5.97 Å². The first-order valence-electron chi connectivity index (χ1n) is 8.40. The lowest BCUT2D eigenvalue weighted by Crippen LogP contribution is -2.11. The minimum Gasteiger partial charge on any atom is -0.496 e. The van der Waals surface area contributed by atoms with Crippen LogP contribution in [0.3, 0.4) is 0 Å².